The van der Waals surface area contributed by atoms with Crippen LogP contribution in [0.2, 0.25) is 0 Å². The number of esters is 1. The second-order valence-electron chi connectivity index (χ2n) is 5.74. The van der Waals surface area contributed by atoms with Crippen molar-refractivity contribution in [2.75, 3.05) is 18.9 Å². The van der Waals surface area contributed by atoms with Crippen molar-refractivity contribution in [2.24, 2.45) is 0 Å². The molecule has 144 valence electrons. The van der Waals surface area contributed by atoms with Crippen molar-refractivity contribution in [3.05, 3.63) is 72.1 Å². The summed E-state index contributed by atoms with van der Waals surface area (Å²) in [5, 5.41) is 13.6. The zero-order valence-electron chi connectivity index (χ0n) is 15.0. The number of benzene rings is 2. The molecule has 0 aliphatic rings. The summed E-state index contributed by atoms with van der Waals surface area (Å²) in [6, 6.07) is 16.9. The van der Waals surface area contributed by atoms with Gasteiger partial charge in [-0.2, -0.15) is 16.4 Å². The minimum atomic E-state index is -0.611. The van der Waals surface area contributed by atoms with E-state index in [-0.39, 0.29) is 18.1 Å². The minimum Gasteiger partial charge on any atom is -0.452 e. The number of hydrogen-bond donors (Lipinski definition) is 1. The minimum absolute atomic E-state index is 0.279. The molecule has 1 heterocycles. The van der Waals surface area contributed by atoms with Crippen LogP contribution in [-0.2, 0) is 15.3 Å². The fourth-order valence-corrected chi connectivity index (χ4v) is 3.22. The largest absolute Gasteiger partial charge is 0.452 e. The molecule has 2 aromatic carbocycles. The molecular weight excluding hydrogens is 378 g/mol. The first-order valence-electron chi connectivity index (χ1n) is 8.62. The van der Waals surface area contributed by atoms with Gasteiger partial charge in [-0.1, -0.05) is 42.5 Å². The number of hydrogen-bond acceptors (Lipinski definition) is 7. The molecule has 1 aromatic heterocycles. The van der Waals surface area contributed by atoms with Gasteiger partial charge in [0.2, 0.25) is 0 Å². The van der Waals surface area contributed by atoms with E-state index in [0.717, 1.165) is 11.5 Å². The first-order chi connectivity index (χ1) is 13.7. The van der Waals surface area contributed by atoms with E-state index in [9.17, 15) is 9.59 Å². The molecule has 0 aliphatic carbocycles. The third-order valence-corrected chi connectivity index (χ3v) is 4.76. The highest BCUT2D eigenvalue weighted by Gasteiger charge is 2.15. The van der Waals surface area contributed by atoms with E-state index in [4.69, 9.17) is 4.74 Å². The number of carbonyl (C=O) groups is 2. The van der Waals surface area contributed by atoms with E-state index in [1.807, 2.05) is 18.2 Å². The number of ether oxygens (including phenoxy) is 1. The molecule has 8 nitrogen and oxygen atoms in total. The van der Waals surface area contributed by atoms with Crippen molar-refractivity contribution in [1.29, 1.82) is 0 Å². The lowest BCUT2D eigenvalue weighted by atomic mass is 10.2. The van der Waals surface area contributed by atoms with Crippen LogP contribution in [-0.4, -0.2) is 51.0 Å². The van der Waals surface area contributed by atoms with Crippen LogP contribution in [0, 0.1) is 0 Å². The van der Waals surface area contributed by atoms with Crippen molar-refractivity contribution < 1.29 is 14.3 Å². The first-order valence-corrected chi connectivity index (χ1v) is 9.77. The average molecular weight is 397 g/mol. The Bertz CT molecular complexity index is 903. The SMILES string of the molecule is O=C(COC(=O)c1ccccc1-n1cnnn1)NCCSCc1ccccc1. The lowest BCUT2D eigenvalue weighted by Crippen LogP contribution is -2.30. The Kier molecular flexibility index (Phi) is 7.14. The Hall–Kier alpha value is -3.20. The molecule has 0 spiro atoms. The Balaban J connectivity index is 1.40. The van der Waals surface area contributed by atoms with Gasteiger partial charge in [0.1, 0.15) is 6.33 Å². The van der Waals surface area contributed by atoms with E-state index in [0.29, 0.717) is 12.2 Å². The zero-order valence-corrected chi connectivity index (χ0v) is 15.8. The topological polar surface area (TPSA) is 99.0 Å². The highest BCUT2D eigenvalue weighted by molar-refractivity contribution is 7.98. The van der Waals surface area contributed by atoms with Crippen LogP contribution >= 0.6 is 11.8 Å². The zero-order chi connectivity index (χ0) is 19.6. The quantitative estimate of drug-likeness (QED) is 0.435. The number of nitrogens with one attached hydrogen (secondary N) is 1. The molecule has 0 saturated heterocycles. The van der Waals surface area contributed by atoms with Crippen molar-refractivity contribution in [1.82, 2.24) is 25.5 Å². The molecule has 28 heavy (non-hydrogen) atoms. The van der Waals surface area contributed by atoms with Gasteiger partial charge in [-0.25, -0.2) is 4.79 Å². The Labute approximate surface area is 166 Å². The maximum absolute atomic E-state index is 12.3. The van der Waals surface area contributed by atoms with Crippen molar-refractivity contribution in [3.8, 4) is 5.69 Å². The number of thioether (sulfide) groups is 1. The fourth-order valence-electron chi connectivity index (χ4n) is 2.40. The van der Waals surface area contributed by atoms with Crippen LogP contribution < -0.4 is 5.32 Å². The Morgan fingerprint density at radius 3 is 2.64 bits per heavy atom. The normalized spacial score (nSPS) is 10.4. The summed E-state index contributed by atoms with van der Waals surface area (Å²) in [5.74, 6) is 0.712. The molecule has 1 amide bonds. The summed E-state index contributed by atoms with van der Waals surface area (Å²) in [5.41, 5.74) is 2.00. The molecule has 3 aromatic rings. The van der Waals surface area contributed by atoms with E-state index in [1.165, 1.54) is 16.6 Å². The molecule has 3 rings (SSSR count). The molecule has 0 unspecified atom stereocenters. The average Bonchev–Trinajstić information content (AvgIpc) is 3.27. The van der Waals surface area contributed by atoms with Crippen molar-refractivity contribution in [2.45, 2.75) is 5.75 Å². The summed E-state index contributed by atoms with van der Waals surface area (Å²) >= 11 is 1.73. The first kappa shape index (κ1) is 19.6. The van der Waals surface area contributed by atoms with Crippen molar-refractivity contribution >= 4 is 23.6 Å². The maximum Gasteiger partial charge on any atom is 0.340 e. The smallest absolute Gasteiger partial charge is 0.340 e. The van der Waals surface area contributed by atoms with E-state index in [1.54, 1.807) is 36.0 Å². The predicted octanol–water partition coefficient (Wildman–Crippen LogP) is 1.87. The van der Waals surface area contributed by atoms with Crippen LogP contribution in [0.3, 0.4) is 0 Å². The number of rotatable bonds is 9. The fraction of sp³-hybridized carbons (Fsp3) is 0.211. The third-order valence-electron chi connectivity index (χ3n) is 3.73. The molecule has 0 saturated carbocycles. The molecule has 0 radical (unpaired) electrons. The molecule has 0 fully saturated rings. The summed E-state index contributed by atoms with van der Waals surface area (Å²) < 4.78 is 6.48. The maximum atomic E-state index is 12.3. The molecule has 0 bridgehead atoms. The summed E-state index contributed by atoms with van der Waals surface area (Å²) in [7, 11) is 0. The van der Waals surface area contributed by atoms with Gasteiger partial charge in [-0.3, -0.25) is 4.79 Å². The summed E-state index contributed by atoms with van der Waals surface area (Å²) in [4.78, 5) is 24.2. The van der Waals surface area contributed by atoms with Gasteiger partial charge in [0.05, 0.1) is 11.3 Å². The molecule has 1 N–H and O–H groups in total. The van der Waals surface area contributed by atoms with Gasteiger partial charge < -0.3 is 10.1 Å². The van der Waals surface area contributed by atoms with E-state index >= 15 is 0 Å². The van der Waals surface area contributed by atoms with Gasteiger partial charge >= 0.3 is 5.97 Å². The van der Waals surface area contributed by atoms with Gasteiger partial charge in [0.15, 0.2) is 6.61 Å². The van der Waals surface area contributed by atoms with Gasteiger partial charge in [-0.05, 0) is 28.1 Å². The number of tetrazole rings is 1. The highest BCUT2D eigenvalue weighted by atomic mass is 32.2. The number of para-hydroxylation sites is 1. The van der Waals surface area contributed by atoms with Crippen molar-refractivity contribution in [3.63, 3.8) is 0 Å². The van der Waals surface area contributed by atoms with Crippen LogP contribution in [0.1, 0.15) is 15.9 Å². The van der Waals surface area contributed by atoms with Crippen LogP contribution in [0.15, 0.2) is 60.9 Å². The summed E-state index contributed by atoms with van der Waals surface area (Å²) in [6.45, 7) is 0.168. The van der Waals surface area contributed by atoms with E-state index in [2.05, 4.69) is 33.0 Å². The number of amides is 1. The van der Waals surface area contributed by atoms with Gasteiger partial charge in [-0.15, -0.1) is 5.10 Å². The lowest BCUT2D eigenvalue weighted by Gasteiger charge is -2.09. The Morgan fingerprint density at radius 2 is 1.86 bits per heavy atom. The van der Waals surface area contributed by atoms with Crippen LogP contribution in [0.5, 0.6) is 0 Å². The Morgan fingerprint density at radius 1 is 1.07 bits per heavy atom. The second-order valence-corrected chi connectivity index (χ2v) is 6.84. The second kappa shape index (κ2) is 10.2. The standard InChI is InChI=1S/C19H19N5O3S/c25-18(20-10-11-28-13-15-6-2-1-3-7-15)12-27-19(26)16-8-4-5-9-17(16)24-14-21-22-23-24/h1-9,14H,10-13H2,(H,20,25). The molecule has 0 atom stereocenters. The third kappa shape index (κ3) is 5.65. The van der Waals surface area contributed by atoms with E-state index < -0.39 is 5.97 Å². The number of nitrogens with zero attached hydrogens (tertiary/aromatic N) is 4. The molecule has 0 aliphatic heterocycles. The monoisotopic (exact) mass is 397 g/mol. The lowest BCUT2D eigenvalue weighted by molar-refractivity contribution is -0.124. The number of carbonyl (C=O) groups excluding carboxylic acids is 2. The van der Waals surface area contributed by atoms with Crippen LogP contribution in [0.4, 0.5) is 0 Å². The number of aromatic nitrogens is 4. The highest BCUT2D eigenvalue weighted by Crippen LogP contribution is 2.14. The van der Waals surface area contributed by atoms with Crippen LogP contribution in [0.25, 0.3) is 5.69 Å². The molecule has 9 heteroatoms. The van der Waals surface area contributed by atoms with Gasteiger partial charge in [0.25, 0.3) is 5.91 Å². The predicted molar refractivity (Wildman–Crippen MR) is 105 cm³/mol. The molecular formula is C19H19N5O3S. The van der Waals surface area contributed by atoms with Gasteiger partial charge in [0, 0.05) is 18.1 Å². The summed E-state index contributed by atoms with van der Waals surface area (Å²) in [6.07, 6.45) is 1.38.